The molecule has 9 heteroatoms. The zero-order chi connectivity index (χ0) is 20.0. The zero-order valence-electron chi connectivity index (χ0n) is 15.9. The summed E-state index contributed by atoms with van der Waals surface area (Å²) in [5.41, 5.74) is 2.57. The van der Waals surface area contributed by atoms with Crippen molar-refractivity contribution >= 4 is 34.5 Å². The van der Waals surface area contributed by atoms with Gasteiger partial charge in [0.15, 0.2) is 0 Å². The highest BCUT2D eigenvalue weighted by atomic mass is 16.4. The molecule has 1 aromatic carbocycles. The van der Waals surface area contributed by atoms with E-state index >= 15 is 0 Å². The number of piperidine rings is 1. The number of para-hydroxylation sites is 1. The molecule has 4 rings (SSSR count). The van der Waals surface area contributed by atoms with Gasteiger partial charge in [-0.15, -0.1) is 0 Å². The first-order valence-electron chi connectivity index (χ1n) is 9.40. The molecular formula is C19H23N5O4. The number of imide groups is 1. The number of anilines is 1. The number of benzene rings is 1. The van der Waals surface area contributed by atoms with Gasteiger partial charge in [-0.05, 0) is 19.4 Å². The number of fused-ring (bicyclic) bond motifs is 1. The van der Waals surface area contributed by atoms with Crippen molar-refractivity contribution in [3.63, 3.8) is 0 Å². The van der Waals surface area contributed by atoms with Crippen LogP contribution in [0.1, 0.15) is 31.4 Å². The first-order valence-corrected chi connectivity index (χ1v) is 9.40. The molecule has 0 aliphatic carbocycles. The van der Waals surface area contributed by atoms with Crippen molar-refractivity contribution in [2.24, 2.45) is 7.05 Å². The third-order valence-electron chi connectivity index (χ3n) is 5.66. The van der Waals surface area contributed by atoms with Gasteiger partial charge in [-0.2, -0.15) is 5.10 Å². The summed E-state index contributed by atoms with van der Waals surface area (Å²) in [5, 5.41) is 17.2. The summed E-state index contributed by atoms with van der Waals surface area (Å²) in [6.45, 7) is 3.52. The largest absolute Gasteiger partial charge is 0.465 e. The van der Waals surface area contributed by atoms with Crippen LogP contribution in [0.25, 0.3) is 10.9 Å². The van der Waals surface area contributed by atoms with E-state index in [1.165, 1.54) is 4.90 Å². The second-order valence-corrected chi connectivity index (χ2v) is 7.46. The Balaban J connectivity index is 1.70. The molecule has 0 saturated carbocycles. The molecule has 1 aromatic heterocycles. The lowest BCUT2D eigenvalue weighted by Gasteiger charge is -2.39. The van der Waals surface area contributed by atoms with Crippen LogP contribution in [-0.2, 0) is 16.6 Å². The minimum Gasteiger partial charge on any atom is -0.465 e. The molecule has 148 valence electrons. The number of hydrogen-bond acceptors (Lipinski definition) is 5. The lowest BCUT2D eigenvalue weighted by Crippen LogP contribution is -2.53. The van der Waals surface area contributed by atoms with Crippen molar-refractivity contribution in [3.8, 4) is 0 Å². The maximum atomic E-state index is 12.3. The van der Waals surface area contributed by atoms with Crippen molar-refractivity contribution < 1.29 is 19.5 Å². The number of rotatable bonds is 2. The third-order valence-corrected chi connectivity index (χ3v) is 5.66. The highest BCUT2D eigenvalue weighted by Gasteiger charge is 2.33. The Morgan fingerprint density at radius 3 is 2.75 bits per heavy atom. The van der Waals surface area contributed by atoms with Crippen molar-refractivity contribution in [3.05, 3.63) is 23.9 Å². The summed E-state index contributed by atoms with van der Waals surface area (Å²) in [4.78, 5) is 38.8. The Morgan fingerprint density at radius 1 is 1.29 bits per heavy atom. The highest BCUT2D eigenvalue weighted by molar-refractivity contribution is 6.03. The molecule has 9 nitrogen and oxygen atoms in total. The third kappa shape index (κ3) is 2.96. The van der Waals surface area contributed by atoms with E-state index in [0.29, 0.717) is 38.2 Å². The maximum Gasteiger partial charge on any atom is 0.407 e. The number of aryl methyl sites for hydroxylation is 1. The quantitative estimate of drug-likeness (QED) is 0.754. The number of nitrogens with one attached hydrogen (secondary N) is 1. The number of nitrogens with zero attached hydrogens (tertiary/aromatic N) is 4. The average molecular weight is 385 g/mol. The summed E-state index contributed by atoms with van der Waals surface area (Å²) in [6, 6.07) is 5.76. The summed E-state index contributed by atoms with van der Waals surface area (Å²) < 4.78 is 1.78. The molecule has 2 N–H and O–H groups in total. The topological polar surface area (TPSA) is 108 Å². The molecule has 3 amide bonds. The standard InChI is InChI=1S/C19H23N5O4/c1-11-10-23(8-9-24(11)19(27)28)14-5-3-4-12-16(21-22(2)17(12)14)13-6-7-15(25)20-18(13)26/h3-5,11,13H,6-10H2,1-2H3,(H,27,28)(H,20,25,26)/t11-,13?/m0/s1. The summed E-state index contributed by atoms with van der Waals surface area (Å²) >= 11 is 0. The van der Waals surface area contributed by atoms with Gasteiger partial charge in [0.1, 0.15) is 0 Å². The Morgan fingerprint density at radius 2 is 2.07 bits per heavy atom. The molecule has 0 bridgehead atoms. The van der Waals surface area contributed by atoms with E-state index in [-0.39, 0.29) is 17.9 Å². The maximum absolute atomic E-state index is 12.3. The fourth-order valence-corrected chi connectivity index (χ4v) is 4.27. The molecule has 0 radical (unpaired) electrons. The van der Waals surface area contributed by atoms with Crippen LogP contribution in [-0.4, -0.2) is 63.4 Å². The van der Waals surface area contributed by atoms with Gasteiger partial charge in [-0.1, -0.05) is 12.1 Å². The van der Waals surface area contributed by atoms with Gasteiger partial charge in [-0.3, -0.25) is 19.6 Å². The Kier molecular flexibility index (Phi) is 4.44. The molecule has 0 spiro atoms. The fourth-order valence-electron chi connectivity index (χ4n) is 4.27. The lowest BCUT2D eigenvalue weighted by atomic mass is 9.92. The van der Waals surface area contributed by atoms with Gasteiger partial charge in [0.2, 0.25) is 11.8 Å². The monoisotopic (exact) mass is 385 g/mol. The van der Waals surface area contributed by atoms with Crippen molar-refractivity contribution in [1.82, 2.24) is 20.0 Å². The minimum atomic E-state index is -0.897. The number of hydrogen-bond donors (Lipinski definition) is 2. The number of aromatic nitrogens is 2. The summed E-state index contributed by atoms with van der Waals surface area (Å²) in [5.74, 6) is -0.989. The first-order chi connectivity index (χ1) is 13.4. The Labute approximate surface area is 161 Å². The average Bonchev–Trinajstić information content (AvgIpc) is 2.98. The van der Waals surface area contributed by atoms with E-state index in [0.717, 1.165) is 16.6 Å². The Bertz CT molecular complexity index is 969. The number of carbonyl (C=O) groups excluding carboxylic acids is 2. The highest BCUT2D eigenvalue weighted by Crippen LogP contribution is 2.35. The number of carbonyl (C=O) groups is 3. The van der Waals surface area contributed by atoms with E-state index in [2.05, 4.69) is 15.3 Å². The SMILES string of the molecule is C[C@H]1CN(c2cccc3c(C4CCC(=O)NC4=O)nn(C)c23)CCN1C(=O)O. The molecular weight excluding hydrogens is 362 g/mol. The second kappa shape index (κ2) is 6.81. The van der Waals surface area contributed by atoms with Gasteiger partial charge < -0.3 is 14.9 Å². The van der Waals surface area contributed by atoms with Crippen LogP contribution in [0.2, 0.25) is 0 Å². The summed E-state index contributed by atoms with van der Waals surface area (Å²) in [6.07, 6.45) is -0.135. The first kappa shape index (κ1) is 18.3. The van der Waals surface area contributed by atoms with Crippen LogP contribution < -0.4 is 10.2 Å². The van der Waals surface area contributed by atoms with Crippen molar-refractivity contribution in [2.75, 3.05) is 24.5 Å². The summed E-state index contributed by atoms with van der Waals surface area (Å²) in [7, 11) is 1.85. The van der Waals surface area contributed by atoms with E-state index in [1.54, 1.807) is 4.68 Å². The van der Waals surface area contributed by atoms with Crippen LogP contribution in [0.3, 0.4) is 0 Å². The van der Waals surface area contributed by atoms with Gasteiger partial charge >= 0.3 is 6.09 Å². The van der Waals surface area contributed by atoms with Crippen LogP contribution in [0, 0.1) is 0 Å². The molecule has 2 aromatic rings. The van der Waals surface area contributed by atoms with E-state index in [4.69, 9.17) is 0 Å². The lowest BCUT2D eigenvalue weighted by molar-refractivity contribution is -0.134. The van der Waals surface area contributed by atoms with Crippen LogP contribution in [0.15, 0.2) is 18.2 Å². The van der Waals surface area contributed by atoms with E-state index in [1.807, 2.05) is 32.2 Å². The van der Waals surface area contributed by atoms with Gasteiger partial charge in [0, 0.05) is 44.5 Å². The van der Waals surface area contributed by atoms with Gasteiger partial charge in [-0.25, -0.2) is 4.79 Å². The van der Waals surface area contributed by atoms with E-state index < -0.39 is 12.0 Å². The molecule has 2 saturated heterocycles. The molecule has 28 heavy (non-hydrogen) atoms. The number of carboxylic acid groups (broad SMARTS) is 1. The van der Waals surface area contributed by atoms with Crippen LogP contribution in [0.5, 0.6) is 0 Å². The van der Waals surface area contributed by atoms with Gasteiger partial charge in [0.25, 0.3) is 0 Å². The molecule has 3 heterocycles. The molecule has 2 aliphatic heterocycles. The minimum absolute atomic E-state index is 0.121. The molecule has 2 aliphatic rings. The predicted molar refractivity (Wildman–Crippen MR) is 102 cm³/mol. The molecule has 2 fully saturated rings. The molecule has 2 atom stereocenters. The Hall–Kier alpha value is -3.10. The predicted octanol–water partition coefficient (Wildman–Crippen LogP) is 1.28. The van der Waals surface area contributed by atoms with Crippen molar-refractivity contribution in [1.29, 1.82) is 0 Å². The fraction of sp³-hybridized carbons (Fsp3) is 0.474. The zero-order valence-corrected chi connectivity index (χ0v) is 15.9. The van der Waals surface area contributed by atoms with Crippen molar-refractivity contribution in [2.45, 2.75) is 31.7 Å². The van der Waals surface area contributed by atoms with Gasteiger partial charge in [0.05, 0.1) is 22.8 Å². The number of amides is 3. The normalized spacial score (nSPS) is 23.2. The smallest absolute Gasteiger partial charge is 0.407 e. The molecule has 1 unspecified atom stereocenters. The van der Waals surface area contributed by atoms with Crippen LogP contribution >= 0.6 is 0 Å². The second-order valence-electron chi connectivity index (χ2n) is 7.46. The number of piperazine rings is 1. The van der Waals surface area contributed by atoms with E-state index in [9.17, 15) is 19.5 Å². The van der Waals surface area contributed by atoms with Crippen LogP contribution in [0.4, 0.5) is 10.5 Å².